The van der Waals surface area contributed by atoms with Crippen molar-refractivity contribution in [1.82, 2.24) is 0 Å². The fraction of sp³-hybridized carbons (Fsp3) is 0.867. The van der Waals surface area contributed by atoms with E-state index in [1.54, 1.807) is 13.8 Å². The highest BCUT2D eigenvalue weighted by molar-refractivity contribution is 5.78. The fourth-order valence-electron chi connectivity index (χ4n) is 2.83. The molecule has 2 fully saturated rings. The average Bonchev–Trinajstić information content (AvgIpc) is 2.47. The third-order valence-electron chi connectivity index (χ3n) is 5.08. The molecule has 114 valence electrons. The number of rotatable bonds is 3. The van der Waals surface area contributed by atoms with Crippen molar-refractivity contribution in [3.05, 3.63) is 0 Å². The van der Waals surface area contributed by atoms with Crippen LogP contribution < -0.4 is 5.73 Å². The number of nitrogens with two attached hydrogens (primary N) is 1. The van der Waals surface area contributed by atoms with E-state index in [1.165, 1.54) is 0 Å². The Labute approximate surface area is 120 Å². The van der Waals surface area contributed by atoms with Gasteiger partial charge in [-0.25, -0.2) is 0 Å². The van der Waals surface area contributed by atoms with Crippen LogP contribution in [0, 0.1) is 17.3 Å². The summed E-state index contributed by atoms with van der Waals surface area (Å²) in [5, 5.41) is 0. The topological polar surface area (TPSA) is 78.6 Å². The first-order valence-corrected chi connectivity index (χ1v) is 7.23. The number of hydrogen-bond donors (Lipinski definition) is 1. The smallest absolute Gasteiger partial charge is 0.313 e. The molecule has 1 saturated carbocycles. The van der Waals surface area contributed by atoms with Crippen LogP contribution in [-0.2, 0) is 19.1 Å². The summed E-state index contributed by atoms with van der Waals surface area (Å²) in [5.74, 6) is -0.192. The van der Waals surface area contributed by atoms with E-state index in [0.29, 0.717) is 6.42 Å². The summed E-state index contributed by atoms with van der Waals surface area (Å²) >= 11 is 0. The molecule has 5 heteroatoms. The zero-order valence-electron chi connectivity index (χ0n) is 12.9. The Morgan fingerprint density at radius 2 is 1.95 bits per heavy atom. The molecule has 2 rings (SSSR count). The molecule has 0 spiro atoms. The average molecular weight is 283 g/mol. The Morgan fingerprint density at radius 3 is 2.45 bits per heavy atom. The van der Waals surface area contributed by atoms with E-state index < -0.39 is 11.0 Å². The summed E-state index contributed by atoms with van der Waals surface area (Å²) in [4.78, 5) is 23.9. The zero-order chi connectivity index (χ0) is 15.3. The van der Waals surface area contributed by atoms with Crippen LogP contribution in [0.15, 0.2) is 0 Å². The molecule has 1 saturated heterocycles. The predicted molar refractivity (Wildman–Crippen MR) is 73.7 cm³/mol. The molecular weight excluding hydrogens is 258 g/mol. The Balaban J connectivity index is 2.11. The largest absolute Gasteiger partial charge is 0.458 e. The molecule has 5 nitrogen and oxygen atoms in total. The Hall–Kier alpha value is -1.10. The van der Waals surface area contributed by atoms with Crippen LogP contribution in [0.5, 0.6) is 0 Å². The Bertz CT molecular complexity index is 424. The van der Waals surface area contributed by atoms with Crippen LogP contribution >= 0.6 is 0 Å². The number of fused-ring (bicyclic) bond motifs is 2. The van der Waals surface area contributed by atoms with Gasteiger partial charge in [-0.05, 0) is 40.0 Å². The molecule has 1 aliphatic carbocycles. The molecule has 4 atom stereocenters. The van der Waals surface area contributed by atoms with Crippen molar-refractivity contribution in [3.63, 3.8) is 0 Å². The predicted octanol–water partition coefficient (Wildman–Crippen LogP) is 1.63. The second kappa shape index (κ2) is 4.72. The third-order valence-corrected chi connectivity index (χ3v) is 5.08. The lowest BCUT2D eigenvalue weighted by atomic mass is 9.75. The van der Waals surface area contributed by atoms with Crippen molar-refractivity contribution >= 4 is 11.9 Å². The summed E-state index contributed by atoms with van der Waals surface area (Å²) in [7, 11) is 0. The van der Waals surface area contributed by atoms with Gasteiger partial charge in [-0.1, -0.05) is 6.92 Å². The van der Waals surface area contributed by atoms with Gasteiger partial charge in [0.05, 0.1) is 11.8 Å². The zero-order valence-corrected chi connectivity index (χ0v) is 12.9. The van der Waals surface area contributed by atoms with E-state index >= 15 is 0 Å². The lowest BCUT2D eigenvalue weighted by molar-refractivity contribution is -0.186. The normalized spacial score (nSPS) is 33.8. The second-order valence-electron chi connectivity index (χ2n) is 7.35. The first kappa shape index (κ1) is 15.3. The van der Waals surface area contributed by atoms with Gasteiger partial charge in [0, 0.05) is 11.5 Å². The summed E-state index contributed by atoms with van der Waals surface area (Å²) in [6, 6.07) is 0. The van der Waals surface area contributed by atoms with Crippen molar-refractivity contribution in [2.45, 2.75) is 65.2 Å². The highest BCUT2D eigenvalue weighted by Gasteiger charge is 2.52. The minimum atomic E-state index is -0.795. The van der Waals surface area contributed by atoms with Crippen LogP contribution in [0.2, 0.25) is 0 Å². The molecule has 20 heavy (non-hydrogen) atoms. The molecule has 2 N–H and O–H groups in total. The van der Waals surface area contributed by atoms with E-state index in [0.717, 1.165) is 6.42 Å². The summed E-state index contributed by atoms with van der Waals surface area (Å²) in [6.07, 6.45) is 0.574. The van der Waals surface area contributed by atoms with Crippen molar-refractivity contribution in [3.8, 4) is 0 Å². The number of carbonyl (C=O) groups is 2. The number of carbonyl (C=O) groups excluding carboxylic acids is 2. The molecule has 0 aromatic rings. The quantitative estimate of drug-likeness (QED) is 0.796. The highest BCUT2D eigenvalue weighted by Crippen LogP contribution is 2.43. The number of hydrogen-bond acceptors (Lipinski definition) is 5. The third kappa shape index (κ3) is 2.43. The van der Waals surface area contributed by atoms with Gasteiger partial charge in [-0.15, -0.1) is 0 Å². The van der Waals surface area contributed by atoms with Crippen LogP contribution in [-0.4, -0.2) is 29.7 Å². The molecule has 1 aliphatic heterocycles. The van der Waals surface area contributed by atoms with Gasteiger partial charge in [-0.2, -0.15) is 0 Å². The van der Waals surface area contributed by atoms with Crippen LogP contribution in [0.1, 0.15) is 47.5 Å². The molecule has 0 radical (unpaired) electrons. The van der Waals surface area contributed by atoms with Crippen molar-refractivity contribution < 1.29 is 19.1 Å². The van der Waals surface area contributed by atoms with Gasteiger partial charge in [0.25, 0.3) is 0 Å². The maximum absolute atomic E-state index is 12.4. The molecule has 1 heterocycles. The minimum absolute atomic E-state index is 0.0805. The summed E-state index contributed by atoms with van der Waals surface area (Å²) in [5.41, 5.74) is 4.59. The summed E-state index contributed by atoms with van der Waals surface area (Å²) < 4.78 is 11.0. The van der Waals surface area contributed by atoms with Gasteiger partial charge in [0.2, 0.25) is 0 Å². The molecule has 0 amide bonds. The van der Waals surface area contributed by atoms with Gasteiger partial charge in [-0.3, -0.25) is 9.59 Å². The van der Waals surface area contributed by atoms with Crippen LogP contribution in [0.25, 0.3) is 0 Å². The number of ether oxygens (including phenoxy) is 2. The van der Waals surface area contributed by atoms with E-state index in [2.05, 4.69) is 0 Å². The Kier molecular flexibility index (Phi) is 3.61. The second-order valence-corrected chi connectivity index (χ2v) is 7.35. The standard InChI is InChI=1S/C15H25NO4/c1-8-6-9-7-10(17)19-11(8)12(9)20-13(18)14(2,3)15(4,5)16/h8-9,11-12H,6-7,16H2,1-5H3. The van der Waals surface area contributed by atoms with E-state index in [1.807, 2.05) is 20.8 Å². The van der Waals surface area contributed by atoms with Gasteiger partial charge in [0.15, 0.2) is 0 Å². The number of esters is 2. The minimum Gasteiger partial charge on any atom is -0.458 e. The molecule has 0 aromatic carbocycles. The first-order chi connectivity index (χ1) is 9.04. The van der Waals surface area contributed by atoms with Gasteiger partial charge < -0.3 is 15.2 Å². The lowest BCUT2D eigenvalue weighted by Crippen LogP contribution is -2.54. The highest BCUT2D eigenvalue weighted by atomic mass is 16.6. The van der Waals surface area contributed by atoms with Crippen molar-refractivity contribution in [1.29, 1.82) is 0 Å². The van der Waals surface area contributed by atoms with E-state index in [-0.39, 0.29) is 36.0 Å². The van der Waals surface area contributed by atoms with Crippen LogP contribution in [0.3, 0.4) is 0 Å². The van der Waals surface area contributed by atoms with Crippen molar-refractivity contribution in [2.75, 3.05) is 0 Å². The lowest BCUT2D eigenvalue weighted by Gasteiger charge is -2.38. The SMILES string of the molecule is CC1CC2CC(=O)OC1C2OC(=O)C(C)(C)C(C)(C)N. The Morgan fingerprint density at radius 1 is 1.35 bits per heavy atom. The maximum Gasteiger partial charge on any atom is 0.313 e. The monoisotopic (exact) mass is 283 g/mol. The maximum atomic E-state index is 12.4. The van der Waals surface area contributed by atoms with Gasteiger partial charge >= 0.3 is 11.9 Å². The first-order valence-electron chi connectivity index (χ1n) is 7.23. The van der Waals surface area contributed by atoms with Gasteiger partial charge in [0.1, 0.15) is 12.2 Å². The molecular formula is C15H25NO4. The summed E-state index contributed by atoms with van der Waals surface area (Å²) in [6.45, 7) is 9.23. The fourth-order valence-corrected chi connectivity index (χ4v) is 2.83. The molecule has 2 bridgehead atoms. The van der Waals surface area contributed by atoms with Crippen molar-refractivity contribution in [2.24, 2.45) is 23.0 Å². The van der Waals surface area contributed by atoms with E-state index in [4.69, 9.17) is 15.2 Å². The molecule has 4 unspecified atom stereocenters. The molecule has 0 aromatic heterocycles. The van der Waals surface area contributed by atoms with Crippen LogP contribution in [0.4, 0.5) is 0 Å². The van der Waals surface area contributed by atoms with E-state index in [9.17, 15) is 9.59 Å². The molecule has 2 aliphatic rings.